The smallest absolute Gasteiger partial charge is 0.0120 e. The van der Waals surface area contributed by atoms with Gasteiger partial charge in [-0.1, -0.05) is 67.5 Å². The van der Waals surface area contributed by atoms with Gasteiger partial charge in [0.2, 0.25) is 0 Å². The number of halogens is 1. The number of hydrogen-bond donors (Lipinski definition) is 0. The predicted octanol–water partition coefficient (Wildman–Crippen LogP) is 5.43. The topological polar surface area (TPSA) is 0 Å². The number of rotatable bonds is 8. The minimum atomic E-state index is 1.24. The Kier molecular flexibility index (Phi) is 10.5. The zero-order valence-electron chi connectivity index (χ0n) is 9.11. The summed E-state index contributed by atoms with van der Waals surface area (Å²) >= 11 is 3.44. The molecule has 13 heavy (non-hydrogen) atoms. The van der Waals surface area contributed by atoms with Crippen LogP contribution in [0.4, 0.5) is 0 Å². The summed E-state index contributed by atoms with van der Waals surface area (Å²) < 4.78 is 1.28. The van der Waals surface area contributed by atoms with Gasteiger partial charge in [-0.3, -0.25) is 0 Å². The second-order valence-corrected chi connectivity index (χ2v) is 4.95. The van der Waals surface area contributed by atoms with Gasteiger partial charge < -0.3 is 0 Å². The molecule has 0 N–H and O–H groups in total. The van der Waals surface area contributed by atoms with Gasteiger partial charge in [0.25, 0.3) is 0 Å². The van der Waals surface area contributed by atoms with Crippen LogP contribution < -0.4 is 0 Å². The number of allylic oxidation sites excluding steroid dienone is 2. The molecule has 0 nitrogen and oxygen atoms in total. The van der Waals surface area contributed by atoms with E-state index in [9.17, 15) is 0 Å². The van der Waals surface area contributed by atoms with E-state index in [1.807, 2.05) is 0 Å². The van der Waals surface area contributed by atoms with E-state index in [0.717, 1.165) is 0 Å². The Bertz CT molecular complexity index is 123. The van der Waals surface area contributed by atoms with Gasteiger partial charge in [-0.25, -0.2) is 0 Å². The van der Waals surface area contributed by atoms with E-state index >= 15 is 0 Å². The van der Waals surface area contributed by atoms with E-state index in [1.54, 1.807) is 0 Å². The molecule has 0 fully saturated rings. The Balaban J connectivity index is 2.96. The minimum Gasteiger partial charge on any atom is -0.0747 e. The fraction of sp³-hybridized carbons (Fsp3) is 0.833. The van der Waals surface area contributed by atoms with E-state index in [-0.39, 0.29) is 0 Å². The van der Waals surface area contributed by atoms with E-state index in [2.05, 4.69) is 35.9 Å². The van der Waals surface area contributed by atoms with Gasteiger partial charge in [-0.05, 0) is 24.2 Å². The fourth-order valence-electron chi connectivity index (χ4n) is 1.40. The average Bonchev–Trinajstić information content (AvgIpc) is 2.09. The van der Waals surface area contributed by atoms with Crippen LogP contribution in [-0.2, 0) is 0 Å². The van der Waals surface area contributed by atoms with Gasteiger partial charge in [0.15, 0.2) is 0 Å². The Morgan fingerprint density at radius 3 is 2.08 bits per heavy atom. The van der Waals surface area contributed by atoms with Crippen LogP contribution in [0.25, 0.3) is 0 Å². The lowest BCUT2D eigenvalue weighted by molar-refractivity contribution is 0.592. The van der Waals surface area contributed by atoms with Crippen molar-refractivity contribution in [1.29, 1.82) is 0 Å². The molecule has 78 valence electrons. The predicted molar refractivity (Wildman–Crippen MR) is 65.3 cm³/mol. The Labute approximate surface area is 91.9 Å². The zero-order valence-corrected chi connectivity index (χ0v) is 10.7. The van der Waals surface area contributed by atoms with E-state index in [4.69, 9.17) is 0 Å². The first-order chi connectivity index (χ1) is 6.27. The second kappa shape index (κ2) is 10.3. The van der Waals surface area contributed by atoms with Crippen molar-refractivity contribution in [1.82, 2.24) is 0 Å². The summed E-state index contributed by atoms with van der Waals surface area (Å²) in [6.07, 6.45) is 13.3. The molecule has 0 atom stereocenters. The molecular formula is C12H23Br. The van der Waals surface area contributed by atoms with Crippen LogP contribution in [0.2, 0.25) is 0 Å². The standard InChI is InChI=1S/C12H23Br/c1-3-4-5-6-7-8-9-10-11-12(2)13/h11H,3-10H2,1-2H3. The molecule has 1 heteroatoms. The highest BCUT2D eigenvalue weighted by Crippen LogP contribution is 2.10. The van der Waals surface area contributed by atoms with Gasteiger partial charge in [-0.2, -0.15) is 0 Å². The van der Waals surface area contributed by atoms with Crippen LogP contribution in [0.5, 0.6) is 0 Å². The molecular weight excluding hydrogens is 224 g/mol. The molecule has 0 amide bonds. The molecule has 0 saturated heterocycles. The van der Waals surface area contributed by atoms with Crippen molar-refractivity contribution in [3.8, 4) is 0 Å². The normalized spacial score (nSPS) is 12.1. The quantitative estimate of drug-likeness (QED) is 0.502. The Morgan fingerprint density at radius 1 is 1.00 bits per heavy atom. The molecule has 0 radical (unpaired) electrons. The Hall–Kier alpha value is 0.220. The summed E-state index contributed by atoms with van der Waals surface area (Å²) in [5.41, 5.74) is 0. The van der Waals surface area contributed by atoms with E-state index in [1.165, 1.54) is 55.8 Å². The molecule has 0 spiro atoms. The van der Waals surface area contributed by atoms with Crippen LogP contribution in [0.15, 0.2) is 10.6 Å². The number of hydrogen-bond acceptors (Lipinski definition) is 0. The molecule has 0 aliphatic rings. The van der Waals surface area contributed by atoms with Gasteiger partial charge >= 0.3 is 0 Å². The van der Waals surface area contributed by atoms with Crippen LogP contribution in [-0.4, -0.2) is 0 Å². The lowest BCUT2D eigenvalue weighted by Gasteiger charge is -1.98. The molecule has 0 aromatic heterocycles. The molecule has 0 saturated carbocycles. The van der Waals surface area contributed by atoms with Crippen LogP contribution in [0.1, 0.15) is 65.2 Å². The van der Waals surface area contributed by atoms with Crippen LogP contribution in [0, 0.1) is 0 Å². The maximum absolute atomic E-state index is 3.44. The van der Waals surface area contributed by atoms with Crippen molar-refractivity contribution in [2.24, 2.45) is 0 Å². The van der Waals surface area contributed by atoms with Gasteiger partial charge in [0.05, 0.1) is 0 Å². The SMILES string of the molecule is CCCCCCCCCC=C(C)Br. The largest absolute Gasteiger partial charge is 0.0747 e. The maximum atomic E-state index is 3.44. The summed E-state index contributed by atoms with van der Waals surface area (Å²) in [5.74, 6) is 0. The van der Waals surface area contributed by atoms with Crippen molar-refractivity contribution in [3.05, 3.63) is 10.6 Å². The molecule has 0 aliphatic carbocycles. The lowest BCUT2D eigenvalue weighted by atomic mass is 10.1. The number of unbranched alkanes of at least 4 members (excludes halogenated alkanes) is 7. The summed E-state index contributed by atoms with van der Waals surface area (Å²) in [7, 11) is 0. The van der Waals surface area contributed by atoms with Gasteiger partial charge in [0.1, 0.15) is 0 Å². The zero-order chi connectivity index (χ0) is 9.94. The maximum Gasteiger partial charge on any atom is -0.0120 e. The summed E-state index contributed by atoms with van der Waals surface area (Å²) in [6, 6.07) is 0. The third-order valence-electron chi connectivity index (χ3n) is 2.23. The molecule has 0 heterocycles. The highest BCUT2D eigenvalue weighted by molar-refractivity contribution is 9.11. The van der Waals surface area contributed by atoms with Crippen molar-refractivity contribution >= 4 is 15.9 Å². The van der Waals surface area contributed by atoms with Crippen LogP contribution >= 0.6 is 15.9 Å². The average molecular weight is 247 g/mol. The molecule has 0 unspecified atom stereocenters. The minimum absolute atomic E-state index is 1.24. The molecule has 0 bridgehead atoms. The molecule has 0 aromatic carbocycles. The third kappa shape index (κ3) is 12.2. The monoisotopic (exact) mass is 246 g/mol. The third-order valence-corrected chi connectivity index (χ3v) is 2.56. The highest BCUT2D eigenvalue weighted by atomic mass is 79.9. The van der Waals surface area contributed by atoms with Gasteiger partial charge in [-0.15, -0.1) is 0 Å². The Morgan fingerprint density at radius 2 is 1.54 bits per heavy atom. The van der Waals surface area contributed by atoms with Gasteiger partial charge in [0, 0.05) is 0 Å². The van der Waals surface area contributed by atoms with Crippen molar-refractivity contribution in [2.75, 3.05) is 0 Å². The van der Waals surface area contributed by atoms with Crippen molar-refractivity contribution < 1.29 is 0 Å². The van der Waals surface area contributed by atoms with E-state index < -0.39 is 0 Å². The second-order valence-electron chi connectivity index (χ2n) is 3.70. The lowest BCUT2D eigenvalue weighted by Crippen LogP contribution is -1.78. The molecule has 0 aliphatic heterocycles. The van der Waals surface area contributed by atoms with Crippen LogP contribution in [0.3, 0.4) is 0 Å². The van der Waals surface area contributed by atoms with Crippen molar-refractivity contribution in [3.63, 3.8) is 0 Å². The summed E-state index contributed by atoms with van der Waals surface area (Å²) in [4.78, 5) is 0. The van der Waals surface area contributed by atoms with E-state index in [0.29, 0.717) is 0 Å². The first kappa shape index (κ1) is 13.2. The highest BCUT2D eigenvalue weighted by Gasteiger charge is 1.89. The fourth-order valence-corrected chi connectivity index (χ4v) is 1.63. The van der Waals surface area contributed by atoms with Crippen molar-refractivity contribution in [2.45, 2.75) is 65.2 Å². The summed E-state index contributed by atoms with van der Waals surface area (Å²) in [5, 5.41) is 0. The first-order valence-corrected chi connectivity index (χ1v) is 6.39. The molecule has 0 rings (SSSR count). The first-order valence-electron chi connectivity index (χ1n) is 5.59. The summed E-state index contributed by atoms with van der Waals surface area (Å²) in [6.45, 7) is 4.37. The molecule has 0 aromatic rings.